The first-order valence-electron chi connectivity index (χ1n) is 7.05. The maximum absolute atomic E-state index is 12.9. The van der Waals surface area contributed by atoms with Crippen molar-refractivity contribution < 1.29 is 28.6 Å². The molecule has 0 aromatic heterocycles. The number of methoxy groups -OCH3 is 1. The molecule has 25 heavy (non-hydrogen) atoms. The van der Waals surface area contributed by atoms with Gasteiger partial charge in [-0.25, -0.2) is 0 Å². The Morgan fingerprint density at radius 2 is 1.80 bits per heavy atom. The number of Topliss-reactive ketones (excluding diaryl/α,β-unsaturated/α-hetero) is 1. The van der Waals surface area contributed by atoms with Crippen LogP contribution in [-0.4, -0.2) is 29.5 Å². The number of carbonyl (C=O) groups is 3. The third-order valence-electron chi connectivity index (χ3n) is 3.11. The number of benzene rings is 1. The molecule has 0 radical (unpaired) electrons. The van der Waals surface area contributed by atoms with Crippen LogP contribution >= 0.6 is 39.1 Å². The summed E-state index contributed by atoms with van der Waals surface area (Å²) in [7, 11) is 1.21. The quantitative estimate of drug-likeness (QED) is 0.349. The summed E-state index contributed by atoms with van der Waals surface area (Å²) in [6.45, 7) is 4.11. The van der Waals surface area contributed by atoms with E-state index in [9.17, 15) is 14.4 Å². The second-order valence-corrected chi connectivity index (χ2v) is 7.66. The highest BCUT2D eigenvalue weighted by molar-refractivity contribution is 9.10. The van der Waals surface area contributed by atoms with Gasteiger partial charge in [0.05, 0.1) is 18.6 Å². The Kier molecular flexibility index (Phi) is 7.28. The molecule has 9 heteroatoms. The number of ether oxygens (including phenoxy) is 3. The molecule has 0 saturated heterocycles. The van der Waals surface area contributed by atoms with E-state index in [0.29, 0.717) is 5.02 Å². The molecule has 1 unspecified atom stereocenters. The fourth-order valence-electron chi connectivity index (χ4n) is 1.92. The van der Waals surface area contributed by atoms with Crippen LogP contribution in [-0.2, 0) is 23.9 Å². The van der Waals surface area contributed by atoms with Crippen LogP contribution in [0.1, 0.15) is 27.2 Å². The van der Waals surface area contributed by atoms with Crippen molar-refractivity contribution in [1.29, 1.82) is 0 Å². The van der Waals surface area contributed by atoms with Crippen molar-refractivity contribution in [2.24, 2.45) is 5.41 Å². The predicted molar refractivity (Wildman–Crippen MR) is 95.9 cm³/mol. The largest absolute Gasteiger partial charge is 0.469 e. The molecule has 0 saturated carbocycles. The van der Waals surface area contributed by atoms with Crippen molar-refractivity contribution in [2.75, 3.05) is 7.11 Å². The van der Waals surface area contributed by atoms with E-state index in [4.69, 9.17) is 32.7 Å². The zero-order valence-electron chi connectivity index (χ0n) is 14.0. The Labute approximate surface area is 163 Å². The molecule has 1 rings (SSSR count). The van der Waals surface area contributed by atoms with Gasteiger partial charge >= 0.3 is 16.6 Å². The topological polar surface area (TPSA) is 78.9 Å². The number of ketones is 1. The summed E-state index contributed by atoms with van der Waals surface area (Å²) in [5, 5.41) is 0.476. The van der Waals surface area contributed by atoms with E-state index >= 15 is 0 Å². The van der Waals surface area contributed by atoms with Gasteiger partial charge in [0, 0.05) is 33.3 Å². The second kappa shape index (κ2) is 8.38. The van der Waals surface area contributed by atoms with Gasteiger partial charge in [0.1, 0.15) is 5.75 Å². The molecule has 0 aliphatic rings. The number of hydrogen-bond donors (Lipinski definition) is 0. The van der Waals surface area contributed by atoms with Crippen LogP contribution in [0.25, 0.3) is 0 Å². The maximum atomic E-state index is 12.9. The van der Waals surface area contributed by atoms with E-state index in [1.807, 2.05) is 0 Å². The average molecular weight is 456 g/mol. The standard InChI is InChI=1S/C16H17BrCl2O6/c1-9(20)24-16(17,14(22)15(2,3)8-13(21)23-4)25-12-6-5-10(18)7-11(12)19/h5-7H,8H2,1-4H3. The Morgan fingerprint density at radius 1 is 1.20 bits per heavy atom. The fraction of sp³-hybridized carbons (Fsp3) is 0.438. The lowest BCUT2D eigenvalue weighted by atomic mass is 9.84. The number of hydrogen-bond acceptors (Lipinski definition) is 6. The first kappa shape index (κ1) is 21.7. The van der Waals surface area contributed by atoms with Crippen molar-refractivity contribution in [3.8, 4) is 5.75 Å². The fourth-order valence-corrected chi connectivity index (χ4v) is 3.30. The molecule has 0 fully saturated rings. The van der Waals surface area contributed by atoms with Gasteiger partial charge in [0.2, 0.25) is 5.78 Å². The Balaban J connectivity index is 3.22. The smallest absolute Gasteiger partial charge is 0.373 e. The molecular formula is C16H17BrCl2O6. The zero-order valence-corrected chi connectivity index (χ0v) is 17.1. The van der Waals surface area contributed by atoms with Crippen LogP contribution in [0.3, 0.4) is 0 Å². The number of alkyl halides is 1. The molecule has 0 aliphatic carbocycles. The van der Waals surface area contributed by atoms with Gasteiger partial charge < -0.3 is 14.2 Å². The van der Waals surface area contributed by atoms with Crippen LogP contribution in [0.2, 0.25) is 10.0 Å². The molecule has 1 aromatic rings. The Morgan fingerprint density at radius 3 is 2.28 bits per heavy atom. The molecule has 6 nitrogen and oxygen atoms in total. The summed E-state index contributed by atoms with van der Waals surface area (Å²) in [5.41, 5.74) is -1.26. The lowest BCUT2D eigenvalue weighted by Crippen LogP contribution is -2.49. The first-order valence-corrected chi connectivity index (χ1v) is 8.60. The van der Waals surface area contributed by atoms with Gasteiger partial charge in [-0.3, -0.25) is 14.4 Å². The van der Waals surface area contributed by atoms with Gasteiger partial charge in [0.25, 0.3) is 0 Å². The van der Waals surface area contributed by atoms with Crippen molar-refractivity contribution in [2.45, 2.75) is 31.9 Å². The van der Waals surface area contributed by atoms with Gasteiger partial charge in [0.15, 0.2) is 0 Å². The summed E-state index contributed by atoms with van der Waals surface area (Å²) >= 11 is 14.9. The van der Waals surface area contributed by atoms with Gasteiger partial charge in [-0.05, 0) is 18.2 Å². The molecule has 0 amide bonds. The SMILES string of the molecule is COC(=O)CC(C)(C)C(=O)C(Br)(OC(C)=O)Oc1ccc(Cl)cc1Cl. The van der Waals surface area contributed by atoms with E-state index in [2.05, 4.69) is 20.7 Å². The third kappa shape index (κ3) is 5.87. The Hall–Kier alpha value is -1.31. The molecule has 1 atom stereocenters. The van der Waals surface area contributed by atoms with Crippen molar-refractivity contribution in [1.82, 2.24) is 0 Å². The molecule has 0 N–H and O–H groups in total. The summed E-state index contributed by atoms with van der Waals surface area (Å²) in [4.78, 5) is 36.0. The molecule has 0 aliphatic heterocycles. The van der Waals surface area contributed by atoms with E-state index < -0.39 is 27.8 Å². The minimum absolute atomic E-state index is 0.0615. The molecule has 0 bridgehead atoms. The number of esters is 2. The summed E-state index contributed by atoms with van der Waals surface area (Å²) in [6.07, 6.45) is -0.241. The average Bonchev–Trinajstić information content (AvgIpc) is 2.48. The summed E-state index contributed by atoms with van der Waals surface area (Å²) in [5.74, 6) is -2.01. The lowest BCUT2D eigenvalue weighted by Gasteiger charge is -2.33. The van der Waals surface area contributed by atoms with Crippen LogP contribution in [0.5, 0.6) is 5.75 Å². The van der Waals surface area contributed by atoms with Crippen molar-refractivity contribution in [3.05, 3.63) is 28.2 Å². The molecular weight excluding hydrogens is 439 g/mol. The molecule has 0 heterocycles. The summed E-state index contributed by atoms with van der Waals surface area (Å²) in [6, 6.07) is 4.32. The highest BCUT2D eigenvalue weighted by atomic mass is 79.9. The molecule has 1 aromatic carbocycles. The lowest BCUT2D eigenvalue weighted by molar-refractivity contribution is -0.180. The van der Waals surface area contributed by atoms with Crippen LogP contribution in [0, 0.1) is 5.41 Å². The van der Waals surface area contributed by atoms with Crippen LogP contribution in [0.4, 0.5) is 0 Å². The van der Waals surface area contributed by atoms with Crippen molar-refractivity contribution in [3.63, 3.8) is 0 Å². The first-order chi connectivity index (χ1) is 11.4. The second-order valence-electron chi connectivity index (χ2n) is 5.77. The van der Waals surface area contributed by atoms with E-state index in [1.54, 1.807) is 0 Å². The normalized spacial score (nSPS) is 13.6. The number of halogens is 3. The van der Waals surface area contributed by atoms with Crippen molar-refractivity contribution >= 4 is 56.9 Å². The van der Waals surface area contributed by atoms with Gasteiger partial charge in [-0.1, -0.05) is 37.0 Å². The molecule has 0 spiro atoms. The highest BCUT2D eigenvalue weighted by Crippen LogP contribution is 2.38. The minimum atomic E-state index is -2.17. The van der Waals surface area contributed by atoms with E-state index in [0.717, 1.165) is 6.92 Å². The van der Waals surface area contributed by atoms with Crippen LogP contribution < -0.4 is 4.74 Å². The van der Waals surface area contributed by atoms with Gasteiger partial charge in [-0.15, -0.1) is 0 Å². The third-order valence-corrected chi connectivity index (χ3v) is 4.32. The van der Waals surface area contributed by atoms with Crippen LogP contribution in [0.15, 0.2) is 18.2 Å². The van der Waals surface area contributed by atoms with Gasteiger partial charge in [-0.2, -0.15) is 0 Å². The number of rotatable bonds is 7. The van der Waals surface area contributed by atoms with E-state index in [1.165, 1.54) is 39.2 Å². The van der Waals surface area contributed by atoms with E-state index in [-0.39, 0.29) is 17.2 Å². The highest BCUT2D eigenvalue weighted by Gasteiger charge is 2.50. The number of carbonyl (C=O) groups excluding carboxylic acids is 3. The maximum Gasteiger partial charge on any atom is 0.373 e. The Bertz CT molecular complexity index is 691. The zero-order chi connectivity index (χ0) is 19.4. The monoisotopic (exact) mass is 454 g/mol. The minimum Gasteiger partial charge on any atom is -0.469 e. The molecule has 138 valence electrons. The summed E-state index contributed by atoms with van der Waals surface area (Å²) < 4.78 is 13.0. The predicted octanol–water partition coefficient (Wildman–Crippen LogP) is 4.14.